The van der Waals surface area contributed by atoms with Gasteiger partial charge in [0, 0.05) is 13.1 Å². The highest BCUT2D eigenvalue weighted by atomic mass is 16.6. The number of aryl methyl sites for hydroxylation is 2. The van der Waals surface area contributed by atoms with Gasteiger partial charge in [0.05, 0.1) is 0 Å². The van der Waals surface area contributed by atoms with Crippen LogP contribution in [0.1, 0.15) is 103 Å². The summed E-state index contributed by atoms with van der Waals surface area (Å²) < 4.78 is 5.33. The van der Waals surface area contributed by atoms with Crippen LogP contribution in [-0.2, 0) is 14.3 Å². The van der Waals surface area contributed by atoms with Crippen LogP contribution in [0.3, 0.4) is 0 Å². The van der Waals surface area contributed by atoms with Gasteiger partial charge in [-0.2, -0.15) is 0 Å². The van der Waals surface area contributed by atoms with Gasteiger partial charge in [-0.25, -0.2) is 4.79 Å². The molecule has 1 aromatic rings. The van der Waals surface area contributed by atoms with Crippen LogP contribution in [0.2, 0.25) is 0 Å². The van der Waals surface area contributed by atoms with Crippen molar-refractivity contribution in [3.8, 4) is 0 Å². The molecule has 0 saturated carbocycles. The van der Waals surface area contributed by atoms with Crippen molar-refractivity contribution in [2.75, 3.05) is 13.1 Å². The highest BCUT2D eigenvalue weighted by Crippen LogP contribution is 2.25. The highest BCUT2D eigenvalue weighted by molar-refractivity contribution is 5.92. The summed E-state index contributed by atoms with van der Waals surface area (Å²) in [5, 5.41) is 5.69. The number of benzene rings is 1. The molecule has 2 unspecified atom stereocenters. The number of nitrogens with zero attached hydrogens (tertiary/aromatic N) is 1. The van der Waals surface area contributed by atoms with Gasteiger partial charge in [-0.05, 0) is 71.1 Å². The number of hydrogen-bond acceptors (Lipinski definition) is 4. The van der Waals surface area contributed by atoms with E-state index in [0.717, 1.165) is 55.2 Å². The fourth-order valence-electron chi connectivity index (χ4n) is 3.78. The Balaban J connectivity index is 3.29. The smallest absolute Gasteiger partial charge is 0.408 e. The van der Waals surface area contributed by atoms with Crippen LogP contribution in [0.15, 0.2) is 18.2 Å². The van der Waals surface area contributed by atoms with Crippen molar-refractivity contribution in [3.63, 3.8) is 0 Å². The van der Waals surface area contributed by atoms with Crippen LogP contribution in [0.5, 0.6) is 0 Å². The first-order chi connectivity index (χ1) is 16.4. The van der Waals surface area contributed by atoms with Gasteiger partial charge in [-0.15, -0.1) is 0 Å². The van der Waals surface area contributed by atoms with Gasteiger partial charge in [0.25, 0.3) is 0 Å². The number of rotatable bonds is 13. The second-order valence-corrected chi connectivity index (χ2v) is 10.4. The highest BCUT2D eigenvalue weighted by Gasteiger charge is 2.34. The molecular weight excluding hydrogens is 442 g/mol. The molecule has 0 aliphatic carbocycles. The summed E-state index contributed by atoms with van der Waals surface area (Å²) in [5.41, 5.74) is 2.29. The summed E-state index contributed by atoms with van der Waals surface area (Å²) in [4.78, 5) is 41.1. The number of carbonyl (C=O) groups is 3. The number of amides is 3. The summed E-state index contributed by atoms with van der Waals surface area (Å²) >= 11 is 0. The van der Waals surface area contributed by atoms with Crippen LogP contribution >= 0.6 is 0 Å². The summed E-state index contributed by atoms with van der Waals surface area (Å²) in [6, 6.07) is 4.28. The molecule has 0 bridgehead atoms. The van der Waals surface area contributed by atoms with E-state index < -0.39 is 23.8 Å². The van der Waals surface area contributed by atoms with Gasteiger partial charge in [-0.3, -0.25) is 9.59 Å². The van der Waals surface area contributed by atoms with E-state index in [1.807, 2.05) is 32.0 Å². The Morgan fingerprint density at radius 1 is 0.971 bits per heavy atom. The first kappa shape index (κ1) is 30.5. The molecule has 0 spiro atoms. The average molecular weight is 490 g/mol. The third-order valence-electron chi connectivity index (χ3n) is 5.88. The lowest BCUT2D eigenvalue weighted by Gasteiger charge is -2.34. The molecule has 3 amide bonds. The van der Waals surface area contributed by atoms with Gasteiger partial charge in [0.2, 0.25) is 11.8 Å². The molecule has 1 aromatic carbocycles. The predicted molar refractivity (Wildman–Crippen MR) is 141 cm³/mol. The van der Waals surface area contributed by atoms with E-state index >= 15 is 0 Å². The minimum Gasteiger partial charge on any atom is -0.444 e. The Morgan fingerprint density at radius 3 is 2.17 bits per heavy atom. The lowest BCUT2D eigenvalue weighted by atomic mass is 9.98. The topological polar surface area (TPSA) is 87.7 Å². The Bertz CT molecular complexity index is 832. The van der Waals surface area contributed by atoms with Crippen LogP contribution in [0, 0.1) is 13.8 Å². The summed E-state index contributed by atoms with van der Waals surface area (Å²) in [6.07, 6.45) is 5.03. The van der Waals surface area contributed by atoms with E-state index in [1.54, 1.807) is 32.6 Å². The number of nitrogens with one attached hydrogen (secondary N) is 2. The number of hydrogen-bond donors (Lipinski definition) is 2. The number of carbonyl (C=O) groups excluding carboxylic acids is 3. The summed E-state index contributed by atoms with van der Waals surface area (Å²) in [5.74, 6) is -0.502. The molecule has 0 aliphatic rings. The van der Waals surface area contributed by atoms with Gasteiger partial charge in [-0.1, -0.05) is 57.7 Å². The first-order valence-corrected chi connectivity index (χ1v) is 13.1. The van der Waals surface area contributed by atoms with E-state index in [0.29, 0.717) is 13.1 Å². The lowest BCUT2D eigenvalue weighted by molar-refractivity contribution is -0.142. The summed E-state index contributed by atoms with van der Waals surface area (Å²) in [7, 11) is 0. The molecule has 0 heterocycles. The van der Waals surface area contributed by atoms with Crippen LogP contribution in [-0.4, -0.2) is 47.5 Å². The van der Waals surface area contributed by atoms with Gasteiger partial charge >= 0.3 is 6.09 Å². The Kier molecular flexibility index (Phi) is 12.8. The SMILES string of the molecule is CCCCCNC(=O)C(c1ccc(C)c(C)c1)N(CCCCC)C(=O)C(C)NC(=O)OC(C)(C)C. The molecule has 198 valence electrons. The van der Waals surface area contributed by atoms with Crippen molar-refractivity contribution in [3.05, 3.63) is 34.9 Å². The molecule has 7 heteroatoms. The number of ether oxygens (including phenoxy) is 1. The third-order valence-corrected chi connectivity index (χ3v) is 5.88. The van der Waals surface area contributed by atoms with Crippen molar-refractivity contribution < 1.29 is 19.1 Å². The van der Waals surface area contributed by atoms with E-state index in [4.69, 9.17) is 4.74 Å². The first-order valence-electron chi connectivity index (χ1n) is 13.1. The van der Waals surface area contributed by atoms with Crippen molar-refractivity contribution >= 4 is 17.9 Å². The maximum Gasteiger partial charge on any atom is 0.408 e. The Hall–Kier alpha value is -2.57. The molecule has 7 nitrogen and oxygen atoms in total. The zero-order valence-corrected chi connectivity index (χ0v) is 23.1. The molecule has 0 aliphatic heterocycles. The largest absolute Gasteiger partial charge is 0.444 e. The molecule has 2 N–H and O–H groups in total. The molecule has 1 rings (SSSR count). The van der Waals surface area contributed by atoms with E-state index in [-0.39, 0.29) is 11.8 Å². The van der Waals surface area contributed by atoms with Crippen LogP contribution in [0.4, 0.5) is 4.79 Å². The van der Waals surface area contributed by atoms with Gasteiger partial charge in [0.1, 0.15) is 17.7 Å². The fraction of sp³-hybridized carbons (Fsp3) is 0.679. The Labute approximate surface area is 212 Å². The van der Waals surface area contributed by atoms with Crippen LogP contribution < -0.4 is 10.6 Å². The predicted octanol–water partition coefficient (Wildman–Crippen LogP) is 5.58. The molecule has 0 radical (unpaired) electrons. The van der Waals surface area contributed by atoms with Gasteiger partial charge in [0.15, 0.2) is 0 Å². The molecule has 35 heavy (non-hydrogen) atoms. The second-order valence-electron chi connectivity index (χ2n) is 10.4. The normalized spacial score (nSPS) is 13.0. The molecule has 0 aromatic heterocycles. The monoisotopic (exact) mass is 489 g/mol. The molecule has 2 atom stereocenters. The average Bonchev–Trinajstić information content (AvgIpc) is 2.76. The van der Waals surface area contributed by atoms with Crippen molar-refractivity contribution in [1.29, 1.82) is 0 Å². The van der Waals surface area contributed by atoms with Gasteiger partial charge < -0.3 is 20.3 Å². The zero-order valence-electron chi connectivity index (χ0n) is 23.1. The van der Waals surface area contributed by atoms with Crippen molar-refractivity contribution in [2.45, 2.75) is 112 Å². The lowest BCUT2D eigenvalue weighted by Crippen LogP contribution is -2.52. The van der Waals surface area contributed by atoms with Crippen molar-refractivity contribution in [1.82, 2.24) is 15.5 Å². The van der Waals surface area contributed by atoms with Crippen molar-refractivity contribution in [2.24, 2.45) is 0 Å². The minimum absolute atomic E-state index is 0.196. The fourth-order valence-corrected chi connectivity index (χ4v) is 3.78. The maximum absolute atomic E-state index is 13.7. The van der Waals surface area contributed by atoms with E-state index in [9.17, 15) is 14.4 Å². The molecule has 0 saturated heterocycles. The standard InChI is InChI=1S/C28H47N3O4/c1-9-11-13-17-29-25(32)24(23-16-15-20(3)21(4)19-23)31(18-14-12-10-2)26(33)22(5)30-27(34)35-28(6,7)8/h15-16,19,22,24H,9-14,17-18H2,1-8H3,(H,29,32)(H,30,34). The maximum atomic E-state index is 13.7. The summed E-state index contributed by atoms with van der Waals surface area (Å²) in [6.45, 7) is 16.2. The minimum atomic E-state index is -0.839. The zero-order chi connectivity index (χ0) is 26.6. The van der Waals surface area contributed by atoms with E-state index in [1.165, 1.54) is 0 Å². The second kappa shape index (κ2) is 14.7. The third kappa shape index (κ3) is 10.7. The van der Waals surface area contributed by atoms with Crippen LogP contribution in [0.25, 0.3) is 0 Å². The Morgan fingerprint density at radius 2 is 1.60 bits per heavy atom. The number of alkyl carbamates (subject to hydrolysis) is 1. The molecule has 0 fully saturated rings. The quantitative estimate of drug-likeness (QED) is 0.354. The molecular formula is C28H47N3O4. The van der Waals surface area contributed by atoms with E-state index in [2.05, 4.69) is 24.5 Å². The number of unbranched alkanes of at least 4 members (excludes halogenated alkanes) is 4.